The van der Waals surface area contributed by atoms with Crippen molar-refractivity contribution in [2.75, 3.05) is 6.54 Å². The first-order valence-electron chi connectivity index (χ1n) is 14.1. The number of hydrogen-bond donors (Lipinski definition) is 3. The number of fused-ring (bicyclic) bond motifs is 2. The van der Waals surface area contributed by atoms with Gasteiger partial charge in [-0.3, -0.25) is 9.59 Å². The zero-order valence-corrected chi connectivity index (χ0v) is 23.6. The fourth-order valence-corrected chi connectivity index (χ4v) is 5.39. The van der Waals surface area contributed by atoms with Crippen LogP contribution in [0.1, 0.15) is 31.0 Å². The molecule has 4 aromatic carbocycles. The van der Waals surface area contributed by atoms with Gasteiger partial charge in [0.2, 0.25) is 0 Å². The Bertz CT molecular complexity index is 1870. The van der Waals surface area contributed by atoms with E-state index in [1.54, 1.807) is 0 Å². The van der Waals surface area contributed by atoms with Crippen LogP contribution < -0.4 is 11.3 Å². The number of aryl methyl sites for hydroxylation is 1. The van der Waals surface area contributed by atoms with Crippen LogP contribution in [0.5, 0.6) is 0 Å². The minimum atomic E-state index is -0.833. The van der Waals surface area contributed by atoms with Crippen molar-refractivity contribution in [1.29, 1.82) is 0 Å². The summed E-state index contributed by atoms with van der Waals surface area (Å²) in [6.45, 7) is 2.58. The number of nitrogens with one attached hydrogen (secondary N) is 1. The number of carbonyl (C=O) groups is 1. The molecule has 0 spiro atoms. The van der Waals surface area contributed by atoms with Gasteiger partial charge in [0.25, 0.3) is 11.5 Å². The van der Waals surface area contributed by atoms with E-state index in [4.69, 9.17) is 20.6 Å². The molecule has 0 bridgehead atoms. The van der Waals surface area contributed by atoms with Gasteiger partial charge in [0.05, 0.1) is 11.0 Å². The molecule has 7 nitrogen and oxygen atoms in total. The van der Waals surface area contributed by atoms with Crippen molar-refractivity contribution in [1.82, 2.24) is 14.5 Å². The number of nitrogens with zero attached hydrogens (tertiary/aromatic N) is 2. The summed E-state index contributed by atoms with van der Waals surface area (Å²) < 4.78 is 2.36. The second-order valence-corrected chi connectivity index (χ2v) is 10.1. The Morgan fingerprint density at radius 3 is 2.26 bits per heavy atom. The molecule has 42 heavy (non-hydrogen) atoms. The summed E-state index contributed by atoms with van der Waals surface area (Å²) >= 11 is 0. The number of benzene rings is 4. The monoisotopic (exact) mass is 558 g/mol. The molecule has 0 amide bonds. The van der Waals surface area contributed by atoms with Gasteiger partial charge in [-0.25, -0.2) is 4.98 Å². The number of hydrogen-bond acceptors (Lipinski definition) is 4. The van der Waals surface area contributed by atoms with Crippen molar-refractivity contribution in [3.63, 3.8) is 0 Å². The summed E-state index contributed by atoms with van der Waals surface area (Å²) in [5.41, 5.74) is 14.0. The highest BCUT2D eigenvalue weighted by atomic mass is 16.4. The van der Waals surface area contributed by atoms with Crippen molar-refractivity contribution < 1.29 is 9.90 Å². The summed E-state index contributed by atoms with van der Waals surface area (Å²) in [6.07, 6.45) is 2.62. The van der Waals surface area contributed by atoms with Crippen LogP contribution in [0, 0.1) is 0 Å². The van der Waals surface area contributed by atoms with Crippen LogP contribution in [-0.2, 0) is 17.8 Å². The average molecular weight is 559 g/mol. The maximum atomic E-state index is 13.7. The molecule has 0 aliphatic heterocycles. The van der Waals surface area contributed by atoms with Gasteiger partial charge in [0.1, 0.15) is 5.69 Å². The molecule has 0 radical (unpaired) electrons. The fourth-order valence-electron chi connectivity index (χ4n) is 5.39. The summed E-state index contributed by atoms with van der Waals surface area (Å²) in [6, 6.07) is 34.9. The predicted octanol–water partition coefficient (Wildman–Crippen LogP) is 6.63. The number of unbranched alkanes of at least 4 members (excludes halogenated alkanes) is 1. The molecule has 0 unspecified atom stereocenters. The van der Waals surface area contributed by atoms with Crippen LogP contribution in [0.4, 0.5) is 0 Å². The predicted molar refractivity (Wildman–Crippen MR) is 170 cm³/mol. The van der Waals surface area contributed by atoms with E-state index in [-0.39, 0.29) is 5.56 Å². The first-order chi connectivity index (χ1) is 20.5. The van der Waals surface area contributed by atoms with Gasteiger partial charge in [-0.15, -0.1) is 0 Å². The van der Waals surface area contributed by atoms with E-state index >= 15 is 0 Å². The Morgan fingerprint density at radius 2 is 1.55 bits per heavy atom. The first kappa shape index (κ1) is 28.5. The number of nitrogens with two attached hydrogens (primary N) is 1. The summed E-state index contributed by atoms with van der Waals surface area (Å²) in [5, 5.41) is 8.46. The molecular formula is C35H34N4O3. The molecule has 6 aromatic rings. The molecule has 0 aliphatic carbocycles. The Kier molecular flexibility index (Phi) is 8.90. The van der Waals surface area contributed by atoms with Crippen molar-refractivity contribution in [2.24, 2.45) is 5.73 Å². The zero-order valence-electron chi connectivity index (χ0n) is 23.6. The highest BCUT2D eigenvalue weighted by Crippen LogP contribution is 2.36. The Morgan fingerprint density at radius 1 is 0.881 bits per heavy atom. The highest BCUT2D eigenvalue weighted by Gasteiger charge is 2.23. The smallest absolute Gasteiger partial charge is 0.300 e. The zero-order chi connectivity index (χ0) is 29.5. The Balaban J connectivity index is 0.000000830. The largest absolute Gasteiger partial charge is 0.481 e. The Labute approximate surface area is 244 Å². The fraction of sp³-hybridized carbons (Fsp3) is 0.171. The van der Waals surface area contributed by atoms with Gasteiger partial charge >= 0.3 is 0 Å². The van der Waals surface area contributed by atoms with Crippen LogP contribution in [0.25, 0.3) is 44.3 Å². The van der Waals surface area contributed by atoms with Gasteiger partial charge in [-0.05, 0) is 42.6 Å². The average Bonchev–Trinajstić information content (AvgIpc) is 3.29. The number of aliphatic carboxylic acids is 1. The topological polar surface area (TPSA) is 114 Å². The molecule has 2 aromatic heterocycles. The minimum Gasteiger partial charge on any atom is -0.481 e. The normalized spacial score (nSPS) is 10.9. The number of H-pyrrole nitrogens is 1. The Hall–Kier alpha value is -5.01. The van der Waals surface area contributed by atoms with E-state index in [9.17, 15) is 4.79 Å². The number of rotatable bonds is 8. The number of aromatic amines is 1. The van der Waals surface area contributed by atoms with Crippen molar-refractivity contribution in [2.45, 2.75) is 32.7 Å². The molecule has 0 saturated heterocycles. The first-order valence-corrected chi connectivity index (χ1v) is 14.1. The molecule has 0 atom stereocenters. The third-order valence-corrected chi connectivity index (χ3v) is 7.17. The standard InChI is InChI=1S/C33H30N4O.C2H4O2/c34-20-9-10-21-37-28-19-8-7-16-26(28)30(29(37)22-23-12-3-1-4-13-23)32-33(38)35-27-18-11-17-25(31(27)36-32)24-14-5-2-6-15-24;1-2(3)4/h1-8,11-19H,9-10,20-22,34H2,(H,35,38);1H3,(H,3,4). The summed E-state index contributed by atoms with van der Waals surface area (Å²) in [7, 11) is 0. The number of carboxylic acids is 1. The third-order valence-electron chi connectivity index (χ3n) is 7.17. The van der Waals surface area contributed by atoms with Crippen LogP contribution in [-0.4, -0.2) is 32.2 Å². The van der Waals surface area contributed by atoms with E-state index in [1.165, 1.54) is 5.56 Å². The lowest BCUT2D eigenvalue weighted by molar-refractivity contribution is -0.134. The van der Waals surface area contributed by atoms with Crippen LogP contribution in [0.3, 0.4) is 0 Å². The lowest BCUT2D eigenvalue weighted by atomic mass is 10.0. The van der Waals surface area contributed by atoms with E-state index < -0.39 is 5.97 Å². The molecule has 0 saturated carbocycles. The van der Waals surface area contributed by atoms with E-state index in [0.29, 0.717) is 18.7 Å². The minimum absolute atomic E-state index is 0.179. The lowest BCUT2D eigenvalue weighted by Gasteiger charge is -2.13. The van der Waals surface area contributed by atoms with Gasteiger partial charge in [0, 0.05) is 47.6 Å². The summed E-state index contributed by atoms with van der Waals surface area (Å²) in [5.74, 6) is -0.833. The van der Waals surface area contributed by atoms with Gasteiger partial charge < -0.3 is 20.4 Å². The van der Waals surface area contributed by atoms with Crippen LogP contribution in [0.2, 0.25) is 0 Å². The van der Waals surface area contributed by atoms with E-state index in [1.807, 2.05) is 42.5 Å². The van der Waals surface area contributed by atoms with Crippen molar-refractivity contribution in [3.05, 3.63) is 125 Å². The maximum absolute atomic E-state index is 13.7. The quantitative estimate of drug-likeness (QED) is 0.181. The molecule has 4 N–H and O–H groups in total. The molecular weight excluding hydrogens is 524 g/mol. The van der Waals surface area contributed by atoms with Crippen LogP contribution in [0.15, 0.2) is 108 Å². The van der Waals surface area contributed by atoms with E-state index in [2.05, 4.69) is 70.2 Å². The number of para-hydroxylation sites is 2. The lowest BCUT2D eigenvalue weighted by Crippen LogP contribution is -2.14. The third kappa shape index (κ3) is 6.16. The second kappa shape index (κ2) is 13.1. The van der Waals surface area contributed by atoms with Crippen LogP contribution >= 0.6 is 0 Å². The molecule has 6 rings (SSSR count). The van der Waals surface area contributed by atoms with Gasteiger partial charge in [-0.2, -0.15) is 0 Å². The van der Waals surface area contributed by atoms with Crippen molar-refractivity contribution >= 4 is 27.9 Å². The maximum Gasteiger partial charge on any atom is 0.300 e. The molecule has 212 valence electrons. The molecule has 2 heterocycles. The molecule has 0 aliphatic rings. The molecule has 0 fully saturated rings. The van der Waals surface area contributed by atoms with Gasteiger partial charge in [0.15, 0.2) is 0 Å². The highest BCUT2D eigenvalue weighted by molar-refractivity contribution is 5.99. The van der Waals surface area contributed by atoms with E-state index in [0.717, 1.165) is 70.6 Å². The number of carboxylic acid groups (broad SMARTS) is 1. The van der Waals surface area contributed by atoms with Gasteiger partial charge in [-0.1, -0.05) is 91.0 Å². The summed E-state index contributed by atoms with van der Waals surface area (Å²) in [4.78, 5) is 30.9. The second-order valence-electron chi connectivity index (χ2n) is 10.1. The molecule has 7 heteroatoms. The van der Waals surface area contributed by atoms with Crippen molar-refractivity contribution in [3.8, 4) is 22.4 Å². The number of aromatic nitrogens is 3. The SMILES string of the molecule is CC(=O)O.NCCCCn1c(Cc2ccccc2)c(-c2nc3c(-c4ccccc4)cccc3[nH]c2=O)c2ccccc21.